The molecule has 0 aliphatic carbocycles. The standard InChI is InChI=1S/C5H7N3OS/c1-2-10-9-5-3-7-8-4-6-5/h3-4H,2H2,1H3. The van der Waals surface area contributed by atoms with Crippen molar-refractivity contribution in [2.24, 2.45) is 0 Å². The maximum Gasteiger partial charge on any atom is 0.249 e. The van der Waals surface area contributed by atoms with E-state index in [2.05, 4.69) is 15.2 Å². The molecule has 0 bridgehead atoms. The highest BCUT2D eigenvalue weighted by Crippen LogP contribution is 2.08. The highest BCUT2D eigenvalue weighted by molar-refractivity contribution is 7.94. The van der Waals surface area contributed by atoms with Crippen molar-refractivity contribution >= 4 is 12.0 Å². The SMILES string of the molecule is CCSOc1cnncn1. The highest BCUT2D eigenvalue weighted by atomic mass is 32.2. The van der Waals surface area contributed by atoms with Gasteiger partial charge in [-0.1, -0.05) is 6.92 Å². The van der Waals surface area contributed by atoms with Gasteiger partial charge in [0.05, 0.1) is 12.0 Å². The maximum absolute atomic E-state index is 5.06. The van der Waals surface area contributed by atoms with Crippen LogP contribution < -0.4 is 4.18 Å². The molecular weight excluding hydrogens is 150 g/mol. The normalized spacial score (nSPS) is 9.30. The summed E-state index contributed by atoms with van der Waals surface area (Å²) in [5.41, 5.74) is 0. The second-order valence-electron chi connectivity index (χ2n) is 1.43. The molecule has 0 amide bonds. The first-order valence-corrected chi connectivity index (χ1v) is 3.76. The van der Waals surface area contributed by atoms with Crippen molar-refractivity contribution in [1.82, 2.24) is 15.2 Å². The second kappa shape index (κ2) is 4.05. The van der Waals surface area contributed by atoms with Gasteiger partial charge in [-0.3, -0.25) is 0 Å². The van der Waals surface area contributed by atoms with Crippen molar-refractivity contribution in [2.45, 2.75) is 6.92 Å². The van der Waals surface area contributed by atoms with Gasteiger partial charge in [0.25, 0.3) is 0 Å². The fourth-order valence-electron chi connectivity index (χ4n) is 0.391. The van der Waals surface area contributed by atoms with Gasteiger partial charge in [0.1, 0.15) is 12.5 Å². The zero-order valence-electron chi connectivity index (χ0n) is 5.52. The van der Waals surface area contributed by atoms with Gasteiger partial charge in [-0.25, -0.2) is 0 Å². The third kappa shape index (κ3) is 2.18. The molecule has 0 atom stereocenters. The summed E-state index contributed by atoms with van der Waals surface area (Å²) >= 11 is 1.33. The molecule has 4 nitrogen and oxygen atoms in total. The lowest BCUT2D eigenvalue weighted by Crippen LogP contribution is -1.88. The van der Waals surface area contributed by atoms with Gasteiger partial charge in [0, 0.05) is 5.75 Å². The van der Waals surface area contributed by atoms with Crippen molar-refractivity contribution in [3.05, 3.63) is 12.5 Å². The number of rotatable bonds is 3. The molecule has 0 fully saturated rings. The van der Waals surface area contributed by atoms with Crippen LogP contribution in [0.25, 0.3) is 0 Å². The van der Waals surface area contributed by atoms with Crippen molar-refractivity contribution in [3.8, 4) is 5.88 Å². The Morgan fingerprint density at radius 3 is 3.10 bits per heavy atom. The van der Waals surface area contributed by atoms with Gasteiger partial charge in [-0.2, -0.15) is 10.1 Å². The van der Waals surface area contributed by atoms with Crippen molar-refractivity contribution in [2.75, 3.05) is 5.75 Å². The van der Waals surface area contributed by atoms with Crippen LogP contribution in [0, 0.1) is 0 Å². The lowest BCUT2D eigenvalue weighted by atomic mass is 10.8. The molecule has 0 saturated carbocycles. The van der Waals surface area contributed by atoms with Crippen LogP contribution in [0.2, 0.25) is 0 Å². The Morgan fingerprint density at radius 1 is 1.60 bits per heavy atom. The summed E-state index contributed by atoms with van der Waals surface area (Å²) in [6.07, 6.45) is 2.83. The number of hydrogen-bond donors (Lipinski definition) is 0. The monoisotopic (exact) mass is 157 g/mol. The van der Waals surface area contributed by atoms with Crippen molar-refractivity contribution < 1.29 is 4.18 Å². The van der Waals surface area contributed by atoms with Crippen LogP contribution in [-0.2, 0) is 0 Å². The van der Waals surface area contributed by atoms with E-state index in [1.54, 1.807) is 0 Å². The van der Waals surface area contributed by atoms with Crippen molar-refractivity contribution in [1.29, 1.82) is 0 Å². The van der Waals surface area contributed by atoms with Gasteiger partial charge in [-0.15, -0.1) is 5.10 Å². The zero-order chi connectivity index (χ0) is 7.23. The molecule has 1 aromatic rings. The molecule has 0 spiro atoms. The van der Waals surface area contributed by atoms with E-state index in [0.717, 1.165) is 5.75 Å². The third-order valence-corrected chi connectivity index (χ3v) is 1.26. The predicted molar refractivity (Wildman–Crippen MR) is 38.6 cm³/mol. The Kier molecular flexibility index (Phi) is 2.95. The molecule has 0 aromatic carbocycles. The first-order valence-electron chi connectivity index (χ1n) is 2.85. The third-order valence-electron chi connectivity index (χ3n) is 0.734. The van der Waals surface area contributed by atoms with E-state index in [0.29, 0.717) is 5.88 Å². The summed E-state index contributed by atoms with van der Waals surface area (Å²) in [5.74, 6) is 1.39. The Bertz CT molecular complexity index is 182. The van der Waals surface area contributed by atoms with Gasteiger partial charge in [0.15, 0.2) is 0 Å². The molecule has 0 unspecified atom stereocenters. The minimum absolute atomic E-state index is 0.502. The minimum Gasteiger partial charge on any atom is -0.404 e. The minimum atomic E-state index is 0.502. The highest BCUT2D eigenvalue weighted by Gasteiger charge is 1.91. The van der Waals surface area contributed by atoms with E-state index >= 15 is 0 Å². The molecule has 1 heterocycles. The predicted octanol–water partition coefficient (Wildman–Crippen LogP) is 0.918. The summed E-state index contributed by atoms with van der Waals surface area (Å²) in [6, 6.07) is 0. The average Bonchev–Trinajstić information content (AvgIpc) is 2.03. The molecule has 1 aromatic heterocycles. The first kappa shape index (κ1) is 7.27. The molecule has 0 aliphatic heterocycles. The lowest BCUT2D eigenvalue weighted by molar-refractivity contribution is 0.604. The van der Waals surface area contributed by atoms with Crippen molar-refractivity contribution in [3.63, 3.8) is 0 Å². The maximum atomic E-state index is 5.06. The van der Waals surface area contributed by atoms with Gasteiger partial charge in [0.2, 0.25) is 5.88 Å². The molecule has 0 aliphatic rings. The fourth-order valence-corrected chi connectivity index (χ4v) is 0.716. The van der Waals surface area contributed by atoms with Crippen LogP contribution in [0.4, 0.5) is 0 Å². The first-order chi connectivity index (χ1) is 4.93. The molecule has 54 valence electrons. The largest absolute Gasteiger partial charge is 0.404 e. The smallest absolute Gasteiger partial charge is 0.249 e. The molecule has 0 radical (unpaired) electrons. The van der Waals surface area contributed by atoms with E-state index in [1.165, 1.54) is 24.6 Å². The van der Waals surface area contributed by atoms with E-state index in [1.807, 2.05) is 6.92 Å². The van der Waals surface area contributed by atoms with Crippen LogP contribution in [-0.4, -0.2) is 20.9 Å². The Balaban J connectivity index is 2.43. The number of hydrogen-bond acceptors (Lipinski definition) is 5. The summed E-state index contributed by atoms with van der Waals surface area (Å²) < 4.78 is 5.06. The summed E-state index contributed by atoms with van der Waals surface area (Å²) in [4.78, 5) is 3.80. The quantitative estimate of drug-likeness (QED) is 0.610. The van der Waals surface area contributed by atoms with Gasteiger partial charge >= 0.3 is 0 Å². The zero-order valence-corrected chi connectivity index (χ0v) is 6.34. The van der Waals surface area contributed by atoms with E-state index < -0.39 is 0 Å². The lowest BCUT2D eigenvalue weighted by Gasteiger charge is -1.96. The number of aromatic nitrogens is 3. The molecule has 10 heavy (non-hydrogen) atoms. The van der Waals surface area contributed by atoms with Crippen LogP contribution >= 0.6 is 12.0 Å². The van der Waals surface area contributed by atoms with Crippen LogP contribution in [0.1, 0.15) is 6.92 Å². The van der Waals surface area contributed by atoms with Crippen LogP contribution in [0.5, 0.6) is 5.88 Å². The fraction of sp³-hybridized carbons (Fsp3) is 0.400. The van der Waals surface area contributed by atoms with Gasteiger partial charge < -0.3 is 4.18 Å². The van der Waals surface area contributed by atoms with E-state index in [4.69, 9.17) is 4.18 Å². The molecular formula is C5H7N3OS. The second-order valence-corrected chi connectivity index (χ2v) is 2.41. The molecule has 5 heteroatoms. The van der Waals surface area contributed by atoms with E-state index in [9.17, 15) is 0 Å². The molecule has 0 N–H and O–H groups in total. The van der Waals surface area contributed by atoms with E-state index in [-0.39, 0.29) is 0 Å². The Labute approximate surface area is 63.2 Å². The van der Waals surface area contributed by atoms with Crippen LogP contribution in [0.3, 0.4) is 0 Å². The van der Waals surface area contributed by atoms with Gasteiger partial charge in [-0.05, 0) is 0 Å². The topological polar surface area (TPSA) is 47.9 Å². The Morgan fingerprint density at radius 2 is 2.50 bits per heavy atom. The summed E-state index contributed by atoms with van der Waals surface area (Å²) in [6.45, 7) is 2.00. The molecule has 1 rings (SSSR count). The number of nitrogens with zero attached hydrogens (tertiary/aromatic N) is 3. The van der Waals surface area contributed by atoms with Crippen LogP contribution in [0.15, 0.2) is 12.5 Å². The molecule has 0 saturated heterocycles. The Hall–Kier alpha value is -0.840. The average molecular weight is 157 g/mol. The summed E-state index contributed by atoms with van der Waals surface area (Å²) in [7, 11) is 0. The summed E-state index contributed by atoms with van der Waals surface area (Å²) in [5, 5.41) is 7.09.